The van der Waals surface area contributed by atoms with E-state index in [1.165, 1.54) is 7.11 Å². The molecule has 0 amide bonds. The van der Waals surface area contributed by atoms with E-state index in [0.29, 0.717) is 45.4 Å². The van der Waals surface area contributed by atoms with Crippen LogP contribution >= 0.6 is 0 Å². The van der Waals surface area contributed by atoms with Crippen molar-refractivity contribution >= 4 is 5.97 Å². The van der Waals surface area contributed by atoms with Crippen LogP contribution < -0.4 is 23.7 Å². The molecule has 4 aliphatic rings. The number of fused-ring (bicyclic) bond motifs is 4. The lowest BCUT2D eigenvalue weighted by Crippen LogP contribution is -2.52. The summed E-state index contributed by atoms with van der Waals surface area (Å²) in [4.78, 5) is 12.8. The molecule has 4 atom stereocenters. The number of rotatable bonds is 2. The van der Waals surface area contributed by atoms with Gasteiger partial charge in [0.15, 0.2) is 28.6 Å². The zero-order valence-electron chi connectivity index (χ0n) is 15.9. The van der Waals surface area contributed by atoms with Crippen LogP contribution in [0.5, 0.6) is 28.7 Å². The summed E-state index contributed by atoms with van der Waals surface area (Å²) < 4.78 is 32.7. The van der Waals surface area contributed by atoms with Crippen molar-refractivity contribution in [2.45, 2.75) is 17.6 Å². The van der Waals surface area contributed by atoms with Crippen molar-refractivity contribution in [3.05, 3.63) is 41.0 Å². The Morgan fingerprint density at radius 1 is 0.900 bits per heavy atom. The number of esters is 1. The molecule has 2 N–H and O–H groups in total. The fourth-order valence-electron chi connectivity index (χ4n) is 4.90. The Morgan fingerprint density at radius 2 is 1.47 bits per heavy atom. The smallest absolute Gasteiger partial charge is 0.339 e. The van der Waals surface area contributed by atoms with Gasteiger partial charge in [-0.25, -0.2) is 4.79 Å². The number of carbonyl (C=O) groups is 1. The molecule has 9 nitrogen and oxygen atoms in total. The Kier molecular flexibility index (Phi) is 3.49. The van der Waals surface area contributed by atoms with Crippen molar-refractivity contribution in [1.82, 2.24) is 0 Å². The first-order valence-electron chi connectivity index (χ1n) is 9.51. The molecule has 1 fully saturated rings. The first-order valence-corrected chi connectivity index (χ1v) is 9.51. The van der Waals surface area contributed by atoms with Crippen molar-refractivity contribution in [1.29, 1.82) is 0 Å². The quantitative estimate of drug-likeness (QED) is 0.701. The van der Waals surface area contributed by atoms with E-state index in [1.54, 1.807) is 24.3 Å². The third-order valence-corrected chi connectivity index (χ3v) is 6.35. The normalized spacial score (nSPS) is 30.0. The van der Waals surface area contributed by atoms with Gasteiger partial charge < -0.3 is 38.6 Å². The van der Waals surface area contributed by atoms with Gasteiger partial charge in [0, 0.05) is 11.6 Å². The van der Waals surface area contributed by atoms with E-state index in [2.05, 4.69) is 0 Å². The van der Waals surface area contributed by atoms with Gasteiger partial charge in [0.1, 0.15) is 12.4 Å². The van der Waals surface area contributed by atoms with E-state index >= 15 is 0 Å². The Bertz CT molecular complexity index is 1080. The molecule has 0 unspecified atom stereocenters. The third kappa shape index (κ3) is 2.11. The minimum absolute atomic E-state index is 0.0576. The van der Waals surface area contributed by atoms with Gasteiger partial charge >= 0.3 is 5.97 Å². The number of hydrogen-bond donors (Lipinski definition) is 2. The van der Waals surface area contributed by atoms with Gasteiger partial charge in [-0.3, -0.25) is 0 Å². The first-order chi connectivity index (χ1) is 14.5. The fraction of sp³-hybridized carbons (Fsp3) is 0.381. The summed E-state index contributed by atoms with van der Waals surface area (Å²) in [5, 5.41) is 22.7. The maximum atomic E-state index is 12.8. The molecule has 0 bridgehead atoms. The van der Waals surface area contributed by atoms with Crippen molar-refractivity contribution in [3.63, 3.8) is 0 Å². The summed E-state index contributed by atoms with van der Waals surface area (Å²) in [7, 11) is 1.49. The summed E-state index contributed by atoms with van der Waals surface area (Å²) in [5.41, 5.74) is -0.417. The first kappa shape index (κ1) is 17.7. The Morgan fingerprint density at radius 3 is 2.10 bits per heavy atom. The number of hydrogen-bond acceptors (Lipinski definition) is 9. The summed E-state index contributed by atoms with van der Waals surface area (Å²) in [6.07, 6.45) is -1.12. The zero-order chi connectivity index (χ0) is 20.6. The van der Waals surface area contributed by atoms with E-state index in [0.717, 1.165) is 0 Å². The second-order valence-corrected chi connectivity index (χ2v) is 7.69. The number of carbonyl (C=O) groups excluding carboxylic acids is 1. The van der Waals surface area contributed by atoms with Crippen LogP contribution in [0.4, 0.5) is 0 Å². The third-order valence-electron chi connectivity index (χ3n) is 6.35. The number of ether oxygens (including phenoxy) is 6. The summed E-state index contributed by atoms with van der Waals surface area (Å²) in [6.45, 7) is 0.0192. The van der Waals surface area contributed by atoms with Gasteiger partial charge in [0.05, 0.1) is 25.0 Å². The van der Waals surface area contributed by atoms with E-state index in [1.807, 2.05) is 0 Å². The van der Waals surface area contributed by atoms with Crippen LogP contribution in [0.1, 0.15) is 28.7 Å². The van der Waals surface area contributed by atoms with Gasteiger partial charge in [-0.1, -0.05) is 0 Å². The van der Waals surface area contributed by atoms with Gasteiger partial charge in [-0.2, -0.15) is 0 Å². The minimum atomic E-state index is -2.00. The van der Waals surface area contributed by atoms with E-state index in [4.69, 9.17) is 28.4 Å². The Balaban J connectivity index is 1.64. The number of methoxy groups -OCH3 is 1. The van der Waals surface area contributed by atoms with Crippen molar-refractivity contribution < 1.29 is 43.4 Å². The van der Waals surface area contributed by atoms with Gasteiger partial charge in [0.2, 0.25) is 13.6 Å². The Hall–Kier alpha value is -3.17. The molecule has 1 saturated heterocycles. The van der Waals surface area contributed by atoms with Crippen molar-refractivity contribution in [2.75, 3.05) is 27.3 Å². The van der Waals surface area contributed by atoms with Crippen LogP contribution in [0.25, 0.3) is 0 Å². The molecular weight excluding hydrogens is 396 g/mol. The lowest BCUT2D eigenvalue weighted by molar-refractivity contribution is -0.158. The maximum absolute atomic E-state index is 12.8. The molecule has 0 radical (unpaired) electrons. The molecule has 0 spiro atoms. The average molecular weight is 414 g/mol. The predicted octanol–water partition coefficient (Wildman–Crippen LogP) is 1.24. The maximum Gasteiger partial charge on any atom is 0.339 e. The highest BCUT2D eigenvalue weighted by molar-refractivity contribution is 5.86. The van der Waals surface area contributed by atoms with Crippen LogP contribution in [-0.4, -0.2) is 49.1 Å². The van der Waals surface area contributed by atoms with E-state index < -0.39 is 29.5 Å². The lowest BCUT2D eigenvalue weighted by Gasteiger charge is -2.42. The molecule has 0 saturated carbocycles. The Labute approximate surface area is 170 Å². The summed E-state index contributed by atoms with van der Waals surface area (Å²) >= 11 is 0. The largest absolute Gasteiger partial charge is 0.496 e. The molecule has 156 valence electrons. The van der Waals surface area contributed by atoms with Gasteiger partial charge in [-0.15, -0.1) is 0 Å². The molecular formula is C21H18O9. The molecule has 0 aromatic heterocycles. The molecule has 1 aliphatic carbocycles. The molecule has 6 rings (SSSR count). The van der Waals surface area contributed by atoms with Crippen LogP contribution in [0, 0.1) is 5.92 Å². The monoisotopic (exact) mass is 414 g/mol. The molecule has 9 heteroatoms. The van der Waals surface area contributed by atoms with Crippen molar-refractivity contribution in [2.24, 2.45) is 5.92 Å². The SMILES string of the molecule is COc1cc2c(cc1[C@@H]1c3cc4c(cc3[C@H](O)[C@H]3COC(=O)[C@]13O)OCO4)OCO2. The molecule has 30 heavy (non-hydrogen) atoms. The summed E-state index contributed by atoms with van der Waals surface area (Å²) in [6, 6.07) is 6.74. The van der Waals surface area contributed by atoms with Crippen LogP contribution in [0.2, 0.25) is 0 Å². The number of aliphatic hydroxyl groups excluding tert-OH is 1. The summed E-state index contributed by atoms with van der Waals surface area (Å²) in [5.74, 6) is -0.178. The highest BCUT2D eigenvalue weighted by Crippen LogP contribution is 2.58. The predicted molar refractivity (Wildman–Crippen MR) is 97.9 cm³/mol. The van der Waals surface area contributed by atoms with E-state index in [-0.39, 0.29) is 20.2 Å². The standard InChI is InChI=1S/C21H18O9/c1-25-13-5-17-16(29-8-30-17)4-11(13)18-9-2-14-15(28-7-27-14)3-10(9)19(22)12-6-26-20(23)21(12,18)24/h2-5,12,18-19,22,24H,6-8H2,1H3/t12-,18+,19+,21-/m1/s1. The van der Waals surface area contributed by atoms with E-state index in [9.17, 15) is 15.0 Å². The minimum Gasteiger partial charge on any atom is -0.496 e. The molecule has 3 aliphatic heterocycles. The topological polar surface area (TPSA) is 113 Å². The second kappa shape index (κ2) is 5.93. The van der Waals surface area contributed by atoms with Crippen LogP contribution in [0.15, 0.2) is 24.3 Å². The molecule has 2 aromatic carbocycles. The zero-order valence-corrected chi connectivity index (χ0v) is 15.9. The number of benzene rings is 2. The van der Waals surface area contributed by atoms with Gasteiger partial charge in [-0.05, 0) is 29.3 Å². The average Bonchev–Trinajstić information content (AvgIpc) is 3.45. The fourth-order valence-corrected chi connectivity index (χ4v) is 4.90. The second-order valence-electron chi connectivity index (χ2n) is 7.69. The van der Waals surface area contributed by atoms with Crippen LogP contribution in [0.3, 0.4) is 0 Å². The highest BCUT2D eigenvalue weighted by atomic mass is 16.7. The van der Waals surface area contributed by atoms with Gasteiger partial charge in [0.25, 0.3) is 0 Å². The molecule has 2 aromatic rings. The number of aliphatic hydroxyl groups is 2. The number of cyclic esters (lactones) is 1. The lowest BCUT2D eigenvalue weighted by atomic mass is 9.63. The van der Waals surface area contributed by atoms with Crippen molar-refractivity contribution in [3.8, 4) is 28.7 Å². The van der Waals surface area contributed by atoms with Crippen LogP contribution in [-0.2, 0) is 9.53 Å². The highest BCUT2D eigenvalue weighted by Gasteiger charge is 2.63. The molecule has 3 heterocycles.